The van der Waals surface area contributed by atoms with Crippen molar-refractivity contribution in [3.8, 4) is 17.2 Å². The molecule has 0 unspecified atom stereocenters. The fraction of sp³-hybridized carbons (Fsp3) is 0.316. The molecule has 6 heteroatoms. The largest absolute Gasteiger partial charge is 0.329 e. The summed E-state index contributed by atoms with van der Waals surface area (Å²) in [7, 11) is 0. The third-order valence-corrected chi connectivity index (χ3v) is 5.17. The van der Waals surface area contributed by atoms with Gasteiger partial charge in [-0.15, -0.1) is 11.3 Å². The molecule has 0 fully saturated rings. The van der Waals surface area contributed by atoms with E-state index in [9.17, 15) is 9.59 Å². The first-order valence-electron chi connectivity index (χ1n) is 8.24. The highest BCUT2D eigenvalue weighted by atomic mass is 32.1. The quantitative estimate of drug-likeness (QED) is 0.708. The van der Waals surface area contributed by atoms with Crippen molar-refractivity contribution in [2.75, 3.05) is 0 Å². The van der Waals surface area contributed by atoms with Gasteiger partial charge in [0, 0.05) is 23.9 Å². The van der Waals surface area contributed by atoms with Crippen LogP contribution in [0, 0.1) is 11.3 Å². The summed E-state index contributed by atoms with van der Waals surface area (Å²) in [5, 5.41) is 11.1. The number of unbranched alkanes of at least 4 members (excludes halogenated alkanes) is 1. The van der Waals surface area contributed by atoms with Gasteiger partial charge in [0.25, 0.3) is 5.56 Å². The molecule has 0 aliphatic carbocycles. The molecule has 3 aromatic rings. The Bertz CT molecular complexity index is 1050. The summed E-state index contributed by atoms with van der Waals surface area (Å²) in [5.74, 6) is 0.446. The first-order chi connectivity index (χ1) is 12.0. The van der Waals surface area contributed by atoms with Crippen LogP contribution in [0.3, 0.4) is 0 Å². The van der Waals surface area contributed by atoms with E-state index >= 15 is 0 Å². The summed E-state index contributed by atoms with van der Waals surface area (Å²) < 4.78 is 1.19. The Kier molecular flexibility index (Phi) is 4.86. The molecule has 1 aromatic carbocycles. The molecule has 0 amide bonds. The van der Waals surface area contributed by atoms with Crippen molar-refractivity contribution in [2.45, 2.75) is 39.2 Å². The number of rotatable bonds is 5. The molecular formula is C19H19N3O2S. The van der Waals surface area contributed by atoms with Gasteiger partial charge in [0.05, 0.1) is 11.5 Å². The average Bonchev–Trinajstić information content (AvgIpc) is 3.01. The van der Waals surface area contributed by atoms with Crippen molar-refractivity contribution >= 4 is 21.6 Å². The van der Waals surface area contributed by atoms with Gasteiger partial charge in [0.2, 0.25) is 0 Å². The third-order valence-electron chi connectivity index (χ3n) is 4.27. The van der Waals surface area contributed by atoms with Gasteiger partial charge < -0.3 is 0 Å². The van der Waals surface area contributed by atoms with E-state index in [-0.39, 0.29) is 12.1 Å². The van der Waals surface area contributed by atoms with Crippen LogP contribution in [-0.4, -0.2) is 9.55 Å². The second-order valence-corrected chi connectivity index (χ2v) is 7.16. The summed E-state index contributed by atoms with van der Waals surface area (Å²) in [6, 6.07) is 10.2. The van der Waals surface area contributed by atoms with E-state index < -0.39 is 5.69 Å². The molecule has 0 saturated carbocycles. The average molecular weight is 353 g/mol. The van der Waals surface area contributed by atoms with Crippen LogP contribution in [-0.2, 0) is 6.54 Å². The van der Waals surface area contributed by atoms with Crippen LogP contribution >= 0.6 is 11.3 Å². The SMILES string of the molecule is CC(C)c1ccc(-c2csc3[nH]c(=O)n(CCCC#N)c(=O)c23)cc1. The number of fused-ring (bicyclic) bond motifs is 1. The number of hydrogen-bond acceptors (Lipinski definition) is 4. The van der Waals surface area contributed by atoms with Gasteiger partial charge in [-0.05, 0) is 23.5 Å². The predicted molar refractivity (Wildman–Crippen MR) is 101 cm³/mol. The number of H-pyrrole nitrogens is 1. The summed E-state index contributed by atoms with van der Waals surface area (Å²) in [4.78, 5) is 28.4. The normalized spacial score (nSPS) is 11.1. The van der Waals surface area contributed by atoms with Crippen molar-refractivity contribution in [2.24, 2.45) is 0 Å². The summed E-state index contributed by atoms with van der Waals surface area (Å²) in [6.07, 6.45) is 0.796. The molecule has 0 bridgehead atoms. The van der Waals surface area contributed by atoms with Gasteiger partial charge >= 0.3 is 5.69 Å². The Morgan fingerprint density at radius 2 is 1.96 bits per heavy atom. The topological polar surface area (TPSA) is 78.7 Å². The molecule has 2 aromatic heterocycles. The Hall–Kier alpha value is -2.65. The monoisotopic (exact) mass is 353 g/mol. The van der Waals surface area contributed by atoms with Gasteiger partial charge in [0.15, 0.2) is 0 Å². The minimum absolute atomic E-state index is 0.249. The lowest BCUT2D eigenvalue weighted by Crippen LogP contribution is -2.34. The van der Waals surface area contributed by atoms with Crippen molar-refractivity contribution in [3.63, 3.8) is 0 Å². The lowest BCUT2D eigenvalue weighted by molar-refractivity contribution is 0.605. The van der Waals surface area contributed by atoms with Gasteiger partial charge in [-0.25, -0.2) is 4.79 Å². The highest BCUT2D eigenvalue weighted by Crippen LogP contribution is 2.31. The third kappa shape index (κ3) is 3.28. The predicted octanol–water partition coefficient (Wildman–Crippen LogP) is 3.85. The second kappa shape index (κ2) is 7.08. The number of nitriles is 1. The van der Waals surface area contributed by atoms with Crippen LogP contribution in [0.2, 0.25) is 0 Å². The zero-order chi connectivity index (χ0) is 18.0. The lowest BCUT2D eigenvalue weighted by atomic mass is 9.99. The molecule has 25 heavy (non-hydrogen) atoms. The van der Waals surface area contributed by atoms with Gasteiger partial charge in [0.1, 0.15) is 4.83 Å². The van der Waals surface area contributed by atoms with E-state index in [4.69, 9.17) is 5.26 Å². The standard InChI is InChI=1S/C19H19N3O2S/c1-12(2)13-5-7-14(8-6-13)15-11-25-17-16(15)18(23)22(19(24)21-17)10-4-3-9-20/h5-8,11-12H,3-4,10H2,1-2H3,(H,21,24). The van der Waals surface area contributed by atoms with Crippen LogP contribution in [0.1, 0.15) is 38.2 Å². The van der Waals surface area contributed by atoms with Crippen LogP contribution in [0.4, 0.5) is 0 Å². The number of hydrogen-bond donors (Lipinski definition) is 1. The minimum Gasteiger partial charge on any atom is -0.298 e. The van der Waals surface area contributed by atoms with Crippen LogP contribution in [0.15, 0.2) is 39.2 Å². The van der Waals surface area contributed by atoms with Crippen molar-refractivity contribution in [1.29, 1.82) is 5.26 Å². The second-order valence-electron chi connectivity index (χ2n) is 6.28. The van der Waals surface area contributed by atoms with E-state index in [2.05, 4.69) is 31.0 Å². The maximum atomic E-state index is 12.8. The number of nitrogens with one attached hydrogen (secondary N) is 1. The van der Waals surface area contributed by atoms with E-state index in [1.54, 1.807) is 0 Å². The Morgan fingerprint density at radius 1 is 1.24 bits per heavy atom. The minimum atomic E-state index is -0.418. The molecule has 0 aliphatic rings. The molecule has 0 atom stereocenters. The maximum absolute atomic E-state index is 12.8. The van der Waals surface area contributed by atoms with E-state index in [0.717, 1.165) is 11.1 Å². The highest BCUT2D eigenvalue weighted by Gasteiger charge is 2.15. The molecule has 0 radical (unpaired) electrons. The molecule has 0 aliphatic heterocycles. The number of aromatic amines is 1. The fourth-order valence-electron chi connectivity index (χ4n) is 2.83. The summed E-state index contributed by atoms with van der Waals surface area (Å²) in [5.41, 5.74) is 2.33. The Balaban J connectivity index is 2.11. The molecular weight excluding hydrogens is 334 g/mol. The first kappa shape index (κ1) is 17.2. The van der Waals surface area contributed by atoms with Gasteiger partial charge in [-0.1, -0.05) is 38.1 Å². The molecule has 0 spiro atoms. The van der Waals surface area contributed by atoms with Crippen LogP contribution in [0.5, 0.6) is 0 Å². The zero-order valence-corrected chi connectivity index (χ0v) is 15.0. The van der Waals surface area contributed by atoms with Crippen LogP contribution < -0.4 is 11.2 Å². The molecule has 2 heterocycles. The zero-order valence-electron chi connectivity index (χ0n) is 14.2. The number of benzene rings is 1. The van der Waals surface area contributed by atoms with E-state index in [1.165, 1.54) is 21.5 Å². The maximum Gasteiger partial charge on any atom is 0.329 e. The van der Waals surface area contributed by atoms with Crippen molar-refractivity contribution < 1.29 is 0 Å². The molecule has 3 rings (SSSR count). The summed E-state index contributed by atoms with van der Waals surface area (Å²) in [6.45, 7) is 4.53. The van der Waals surface area contributed by atoms with Crippen molar-refractivity contribution in [1.82, 2.24) is 9.55 Å². The number of thiophene rings is 1. The van der Waals surface area contributed by atoms with Gasteiger partial charge in [-0.2, -0.15) is 5.26 Å². The molecule has 1 N–H and O–H groups in total. The number of nitrogens with zero attached hydrogens (tertiary/aromatic N) is 2. The smallest absolute Gasteiger partial charge is 0.298 e. The first-order valence-corrected chi connectivity index (χ1v) is 9.12. The lowest BCUT2D eigenvalue weighted by Gasteiger charge is -2.07. The van der Waals surface area contributed by atoms with E-state index in [1.807, 2.05) is 23.6 Å². The van der Waals surface area contributed by atoms with Gasteiger partial charge in [-0.3, -0.25) is 14.3 Å². The molecule has 128 valence electrons. The molecule has 5 nitrogen and oxygen atoms in total. The summed E-state index contributed by atoms with van der Waals surface area (Å²) >= 11 is 1.36. The highest BCUT2D eigenvalue weighted by molar-refractivity contribution is 7.17. The fourth-order valence-corrected chi connectivity index (χ4v) is 3.78. The van der Waals surface area contributed by atoms with E-state index in [0.29, 0.717) is 29.0 Å². The Labute approximate surface area is 149 Å². The Morgan fingerprint density at radius 3 is 2.60 bits per heavy atom. The van der Waals surface area contributed by atoms with Crippen LogP contribution in [0.25, 0.3) is 21.3 Å². The molecule has 0 saturated heterocycles. The van der Waals surface area contributed by atoms with Crippen molar-refractivity contribution in [3.05, 3.63) is 56.0 Å². The number of aromatic nitrogens is 2.